The van der Waals surface area contributed by atoms with Crippen molar-refractivity contribution in [1.29, 1.82) is 0 Å². The fourth-order valence-corrected chi connectivity index (χ4v) is 13.8. The summed E-state index contributed by atoms with van der Waals surface area (Å²) in [5.74, 6) is -1.30. The first-order chi connectivity index (χ1) is 47.6. The first-order valence-electron chi connectivity index (χ1n) is 41.2. The summed E-state index contributed by atoms with van der Waals surface area (Å²) < 4.78 is 68.7. The Bertz CT molecular complexity index is 1880. The normalized spacial score (nSPS) is 14.2. The number of ether oxygens (including phenoxy) is 4. The quantitative estimate of drug-likeness (QED) is 0.0222. The van der Waals surface area contributed by atoms with Gasteiger partial charge in [0.15, 0.2) is 12.2 Å². The highest BCUT2D eigenvalue weighted by Gasteiger charge is 2.30. The second kappa shape index (κ2) is 72.0. The van der Waals surface area contributed by atoms with E-state index in [9.17, 15) is 43.2 Å². The van der Waals surface area contributed by atoms with Gasteiger partial charge in [0.05, 0.1) is 26.4 Å². The second-order valence-corrected chi connectivity index (χ2v) is 31.6. The number of aliphatic hydroxyl groups is 1. The zero-order valence-corrected chi connectivity index (χ0v) is 65.7. The van der Waals surface area contributed by atoms with Gasteiger partial charge in [0.1, 0.15) is 19.3 Å². The SMILES string of the molecule is CCCCCCCCCCCCCCCCCCC(=O)O[C@H](COC(=O)CCCCCCCCCCCCCCCCC)COP(=O)(O)OC[C@@H](O)COP(=O)(O)OC[C@@H](COC(=O)CCCCCCCCCCCCCCC)OC(=O)CCCCCCCCCCCCC(C)CC. The van der Waals surface area contributed by atoms with Crippen LogP contribution in [0.1, 0.15) is 420 Å². The molecule has 0 bridgehead atoms. The number of phosphoric acid groups is 2. The molecular formula is C79H154O17P2. The van der Waals surface area contributed by atoms with Crippen LogP contribution in [0.15, 0.2) is 0 Å². The van der Waals surface area contributed by atoms with Gasteiger partial charge in [0.25, 0.3) is 0 Å². The molecule has 0 aliphatic heterocycles. The summed E-state index contributed by atoms with van der Waals surface area (Å²) in [5.41, 5.74) is 0. The van der Waals surface area contributed by atoms with Crippen molar-refractivity contribution in [2.24, 2.45) is 5.92 Å². The Balaban J connectivity index is 5.27. The van der Waals surface area contributed by atoms with Crippen LogP contribution >= 0.6 is 15.6 Å². The zero-order chi connectivity index (χ0) is 71.9. The number of hydrogen-bond donors (Lipinski definition) is 3. The molecule has 0 aromatic heterocycles. The van der Waals surface area contributed by atoms with E-state index in [2.05, 4.69) is 34.6 Å². The van der Waals surface area contributed by atoms with Crippen LogP contribution in [0.25, 0.3) is 0 Å². The minimum absolute atomic E-state index is 0.107. The van der Waals surface area contributed by atoms with Crippen LogP contribution in [0.3, 0.4) is 0 Å². The van der Waals surface area contributed by atoms with E-state index in [0.717, 1.165) is 95.8 Å². The summed E-state index contributed by atoms with van der Waals surface area (Å²) >= 11 is 0. The van der Waals surface area contributed by atoms with Crippen molar-refractivity contribution in [2.75, 3.05) is 39.6 Å². The lowest BCUT2D eigenvalue weighted by atomic mass is 9.99. The van der Waals surface area contributed by atoms with E-state index >= 15 is 0 Å². The molecular weight excluding hydrogens is 1280 g/mol. The van der Waals surface area contributed by atoms with Gasteiger partial charge in [-0.25, -0.2) is 9.13 Å². The lowest BCUT2D eigenvalue weighted by Crippen LogP contribution is -2.30. The van der Waals surface area contributed by atoms with Gasteiger partial charge in [-0.15, -0.1) is 0 Å². The van der Waals surface area contributed by atoms with Gasteiger partial charge >= 0.3 is 39.5 Å². The Kier molecular flexibility index (Phi) is 70.6. The molecule has 0 aliphatic rings. The average Bonchev–Trinajstić information content (AvgIpc) is 1.03. The third-order valence-corrected chi connectivity index (χ3v) is 20.8. The van der Waals surface area contributed by atoms with E-state index in [1.807, 2.05) is 0 Å². The number of esters is 4. The van der Waals surface area contributed by atoms with Crippen LogP contribution in [0.5, 0.6) is 0 Å². The molecule has 3 unspecified atom stereocenters. The molecule has 0 saturated heterocycles. The highest BCUT2D eigenvalue weighted by Crippen LogP contribution is 2.45. The first-order valence-corrected chi connectivity index (χ1v) is 44.2. The standard InChI is InChI=1S/C79H154O17P2/c1-6-10-13-16-19-22-25-28-30-32-35-38-44-49-54-59-64-78(83)95-74(68-90-77(82)63-58-53-48-43-37-34-31-29-26-23-20-17-14-11-7-2)70-93-97(85,86)91-66-73(80)67-92-98(87,88)94-71-75(69-89-76(81)62-57-52-47-42-36-33-27-24-21-18-15-12-8-3)96-79(84)65-60-55-50-45-40-39-41-46-51-56-61-72(5)9-4/h72-75,80H,6-71H2,1-5H3,(H,85,86)(H,87,88)/t72?,73-,74-,75-/m1/s1. The number of unbranched alkanes of at least 4 members (excludes halogenated alkanes) is 50. The largest absolute Gasteiger partial charge is 0.472 e. The minimum atomic E-state index is -4.96. The lowest BCUT2D eigenvalue weighted by Gasteiger charge is -2.21. The highest BCUT2D eigenvalue weighted by molar-refractivity contribution is 7.47. The van der Waals surface area contributed by atoms with Crippen LogP contribution in [-0.4, -0.2) is 96.7 Å². The van der Waals surface area contributed by atoms with Crippen molar-refractivity contribution in [3.8, 4) is 0 Å². The molecule has 0 fully saturated rings. The van der Waals surface area contributed by atoms with Crippen molar-refractivity contribution in [3.63, 3.8) is 0 Å². The van der Waals surface area contributed by atoms with Crippen molar-refractivity contribution < 1.29 is 80.2 Å². The van der Waals surface area contributed by atoms with Crippen molar-refractivity contribution in [3.05, 3.63) is 0 Å². The molecule has 98 heavy (non-hydrogen) atoms. The minimum Gasteiger partial charge on any atom is -0.462 e. The van der Waals surface area contributed by atoms with Crippen molar-refractivity contribution >= 4 is 39.5 Å². The first kappa shape index (κ1) is 96.1. The molecule has 0 aromatic rings. The maximum atomic E-state index is 13.1. The van der Waals surface area contributed by atoms with Gasteiger partial charge in [-0.1, -0.05) is 369 Å². The predicted octanol–water partition coefficient (Wildman–Crippen LogP) is 23.6. The molecule has 17 nitrogen and oxygen atoms in total. The maximum Gasteiger partial charge on any atom is 0.472 e. The molecule has 0 rings (SSSR count). The summed E-state index contributed by atoms with van der Waals surface area (Å²) in [7, 11) is -9.92. The Morgan fingerprint density at radius 1 is 0.286 bits per heavy atom. The summed E-state index contributed by atoms with van der Waals surface area (Å²) in [6.07, 6.45) is 62.1. The van der Waals surface area contributed by atoms with Crippen LogP contribution in [0.4, 0.5) is 0 Å². The van der Waals surface area contributed by atoms with Crippen molar-refractivity contribution in [2.45, 2.75) is 438 Å². The smallest absolute Gasteiger partial charge is 0.462 e. The van der Waals surface area contributed by atoms with Crippen LogP contribution in [-0.2, 0) is 65.4 Å². The molecule has 0 aromatic carbocycles. The van der Waals surface area contributed by atoms with E-state index in [1.54, 1.807) is 0 Å². The summed E-state index contributed by atoms with van der Waals surface area (Å²) in [6.45, 7) is 7.35. The van der Waals surface area contributed by atoms with Gasteiger partial charge in [-0.2, -0.15) is 0 Å². The van der Waals surface area contributed by atoms with Gasteiger partial charge in [0.2, 0.25) is 0 Å². The van der Waals surface area contributed by atoms with Crippen molar-refractivity contribution in [1.82, 2.24) is 0 Å². The second-order valence-electron chi connectivity index (χ2n) is 28.7. The number of rotatable bonds is 79. The molecule has 0 heterocycles. The third kappa shape index (κ3) is 71.1. The summed E-state index contributed by atoms with van der Waals surface area (Å²) in [5, 5.41) is 10.6. The van der Waals surface area contributed by atoms with E-state index in [0.29, 0.717) is 25.7 Å². The zero-order valence-electron chi connectivity index (χ0n) is 63.9. The number of hydrogen-bond acceptors (Lipinski definition) is 15. The Morgan fingerprint density at radius 3 is 0.724 bits per heavy atom. The fraction of sp³-hybridized carbons (Fsp3) is 0.949. The van der Waals surface area contributed by atoms with Crippen LogP contribution < -0.4 is 0 Å². The molecule has 0 saturated carbocycles. The van der Waals surface area contributed by atoms with Gasteiger partial charge in [-0.3, -0.25) is 37.3 Å². The molecule has 0 radical (unpaired) electrons. The number of aliphatic hydroxyl groups excluding tert-OH is 1. The molecule has 0 aliphatic carbocycles. The third-order valence-electron chi connectivity index (χ3n) is 18.9. The Hall–Kier alpha value is -1.94. The lowest BCUT2D eigenvalue weighted by molar-refractivity contribution is -0.161. The monoisotopic (exact) mass is 1440 g/mol. The Labute approximate surface area is 600 Å². The highest BCUT2D eigenvalue weighted by atomic mass is 31.2. The molecule has 0 spiro atoms. The van der Waals surface area contributed by atoms with Crippen LogP contribution in [0.2, 0.25) is 0 Å². The predicted molar refractivity (Wildman–Crippen MR) is 400 cm³/mol. The topological polar surface area (TPSA) is 237 Å². The molecule has 3 N–H and O–H groups in total. The van der Waals surface area contributed by atoms with E-state index in [4.69, 9.17) is 37.0 Å². The van der Waals surface area contributed by atoms with Crippen LogP contribution in [0, 0.1) is 5.92 Å². The number of phosphoric ester groups is 2. The van der Waals surface area contributed by atoms with Gasteiger partial charge in [0, 0.05) is 25.7 Å². The van der Waals surface area contributed by atoms with Gasteiger partial charge in [-0.05, 0) is 31.6 Å². The van der Waals surface area contributed by atoms with Gasteiger partial charge < -0.3 is 33.8 Å². The molecule has 582 valence electrons. The molecule has 6 atom stereocenters. The van der Waals surface area contributed by atoms with E-state index < -0.39 is 97.5 Å². The number of carbonyl (C=O) groups is 4. The summed E-state index contributed by atoms with van der Waals surface area (Å²) in [4.78, 5) is 73.0. The van der Waals surface area contributed by atoms with E-state index in [1.165, 1.54) is 244 Å². The van der Waals surface area contributed by atoms with E-state index in [-0.39, 0.29) is 25.7 Å². The molecule has 0 amide bonds. The molecule has 19 heteroatoms. The maximum absolute atomic E-state index is 13.1. The number of carbonyl (C=O) groups excluding carboxylic acids is 4. The average molecular weight is 1440 g/mol. The summed E-state index contributed by atoms with van der Waals surface area (Å²) in [6, 6.07) is 0. The Morgan fingerprint density at radius 2 is 0.490 bits per heavy atom. The fourth-order valence-electron chi connectivity index (χ4n) is 12.2.